The maximum atomic E-state index is 6.44. The van der Waals surface area contributed by atoms with Gasteiger partial charge in [-0.2, -0.15) is 0 Å². The van der Waals surface area contributed by atoms with Crippen LogP contribution in [-0.2, 0) is 10.8 Å². The van der Waals surface area contributed by atoms with Gasteiger partial charge in [0, 0.05) is 60.1 Å². The van der Waals surface area contributed by atoms with E-state index in [1.165, 1.54) is 21.9 Å². The van der Waals surface area contributed by atoms with Crippen LogP contribution in [0.5, 0.6) is 0 Å². The molecule has 0 aliphatic carbocycles. The third-order valence-electron chi connectivity index (χ3n) is 14.2. The zero-order valence-corrected chi connectivity index (χ0v) is 40.6. The van der Waals surface area contributed by atoms with E-state index >= 15 is 0 Å². The fourth-order valence-electron chi connectivity index (χ4n) is 10.5. The van der Waals surface area contributed by atoms with Gasteiger partial charge in [-0.15, -0.1) is 0 Å². The quantitative estimate of drug-likeness (QED) is 0.166. The van der Waals surface area contributed by atoms with Gasteiger partial charge in [0.1, 0.15) is 22.3 Å². The first-order chi connectivity index (χ1) is 34.5. The molecule has 13 rings (SSSR count). The molecule has 0 radical (unpaired) electrons. The number of hydrogen-bond donors (Lipinski definition) is 0. The minimum absolute atomic E-state index is 0.0367. The van der Waals surface area contributed by atoms with Gasteiger partial charge in [0.15, 0.2) is 17.5 Å². The molecule has 0 fully saturated rings. The zero-order valence-electron chi connectivity index (χ0n) is 40.6. The largest absolute Gasteiger partial charge is 0.456 e. The van der Waals surface area contributed by atoms with Crippen LogP contribution in [0.15, 0.2) is 203 Å². The van der Waals surface area contributed by atoms with Crippen molar-refractivity contribution in [3.63, 3.8) is 0 Å². The van der Waals surface area contributed by atoms with Crippen molar-refractivity contribution in [2.24, 2.45) is 0 Å². The van der Waals surface area contributed by atoms with E-state index in [2.05, 4.69) is 180 Å². The lowest BCUT2D eigenvalue weighted by Crippen LogP contribution is -2.10. The average molecular weight is 919 g/mol. The van der Waals surface area contributed by atoms with Crippen molar-refractivity contribution in [1.82, 2.24) is 19.5 Å². The highest BCUT2D eigenvalue weighted by atomic mass is 16.3. The summed E-state index contributed by atoms with van der Waals surface area (Å²) in [4.78, 5) is 16.4. The molecule has 0 aliphatic rings. The first-order valence-electron chi connectivity index (χ1n) is 24.4. The van der Waals surface area contributed by atoms with Gasteiger partial charge in [-0.3, -0.25) is 0 Å². The highest BCUT2D eigenvalue weighted by molar-refractivity contribution is 6.14. The first kappa shape index (κ1) is 42.5. The maximum Gasteiger partial charge on any atom is 0.164 e. The Bertz CT molecular complexity index is 3980. The van der Waals surface area contributed by atoms with Crippen LogP contribution in [0, 0.1) is 0 Å². The molecule has 0 N–H and O–H groups in total. The van der Waals surface area contributed by atoms with Crippen molar-refractivity contribution in [2.45, 2.75) is 52.4 Å². The number of hydrogen-bond acceptors (Lipinski definition) is 5. The van der Waals surface area contributed by atoms with Crippen molar-refractivity contribution in [2.75, 3.05) is 0 Å². The molecule has 71 heavy (non-hydrogen) atoms. The van der Waals surface area contributed by atoms with Crippen LogP contribution in [0.1, 0.15) is 52.7 Å². The van der Waals surface area contributed by atoms with E-state index in [0.29, 0.717) is 17.5 Å². The Kier molecular flexibility index (Phi) is 9.56. The molecule has 6 heteroatoms. The monoisotopic (exact) mass is 918 g/mol. The van der Waals surface area contributed by atoms with Crippen molar-refractivity contribution < 1.29 is 8.83 Å². The van der Waals surface area contributed by atoms with Crippen molar-refractivity contribution >= 4 is 65.7 Å². The van der Waals surface area contributed by atoms with E-state index in [-0.39, 0.29) is 10.8 Å². The normalized spacial score (nSPS) is 12.4. The predicted octanol–water partition coefficient (Wildman–Crippen LogP) is 17.7. The minimum atomic E-state index is -0.0367. The third kappa shape index (κ3) is 7.04. The minimum Gasteiger partial charge on any atom is -0.456 e. The van der Waals surface area contributed by atoms with E-state index in [4.69, 9.17) is 23.8 Å². The van der Waals surface area contributed by atoms with Crippen molar-refractivity contribution in [1.29, 1.82) is 0 Å². The Hall–Kier alpha value is -8.61. The summed E-state index contributed by atoms with van der Waals surface area (Å²) in [6.07, 6.45) is 0. The summed E-state index contributed by atoms with van der Waals surface area (Å²) < 4.78 is 15.4. The lowest BCUT2D eigenvalue weighted by Gasteiger charge is -2.22. The molecule has 13 aromatic rings. The molecule has 9 aromatic carbocycles. The molecule has 0 bridgehead atoms. The Balaban J connectivity index is 1.15. The number of fused-ring (bicyclic) bond motifs is 9. The van der Waals surface area contributed by atoms with Crippen LogP contribution in [-0.4, -0.2) is 19.5 Å². The lowest BCUT2D eigenvalue weighted by molar-refractivity contribution is 0.590. The lowest BCUT2D eigenvalue weighted by atomic mass is 9.85. The smallest absolute Gasteiger partial charge is 0.164 e. The van der Waals surface area contributed by atoms with E-state index in [1.807, 2.05) is 60.7 Å². The molecule has 0 aliphatic heterocycles. The van der Waals surface area contributed by atoms with Gasteiger partial charge in [0.2, 0.25) is 0 Å². The predicted molar refractivity (Wildman–Crippen MR) is 293 cm³/mol. The summed E-state index contributed by atoms with van der Waals surface area (Å²) >= 11 is 0. The molecule has 0 saturated heterocycles. The molecule has 0 amide bonds. The first-order valence-corrected chi connectivity index (χ1v) is 24.4. The molecule has 0 atom stereocenters. The molecule has 4 aromatic heterocycles. The molecule has 342 valence electrons. The van der Waals surface area contributed by atoms with Gasteiger partial charge < -0.3 is 13.4 Å². The summed E-state index contributed by atoms with van der Waals surface area (Å²) in [6.45, 7) is 13.8. The highest BCUT2D eigenvalue weighted by Gasteiger charge is 2.27. The SMILES string of the molecule is CC(C)(C)c1ccc2c(c1)c1cc(C(C)(C)C)ccc1n2-c1c(-c2ccccc2)cc(-c2nc(-c3cccc4oc5ccccc5c34)nc(-c3cccc4oc5ccccc5c34)n2)cc1-c1ccccc1. The van der Waals surface area contributed by atoms with Crippen LogP contribution in [0.2, 0.25) is 0 Å². The van der Waals surface area contributed by atoms with Gasteiger partial charge in [0.05, 0.1) is 16.7 Å². The van der Waals surface area contributed by atoms with Crippen molar-refractivity contribution in [3.8, 4) is 62.1 Å². The number of nitrogens with zero attached hydrogens (tertiary/aromatic N) is 4. The molecular formula is C65H50N4O2. The summed E-state index contributed by atoms with van der Waals surface area (Å²) in [5, 5.41) is 6.38. The zero-order chi connectivity index (χ0) is 48.2. The van der Waals surface area contributed by atoms with E-state index in [9.17, 15) is 0 Å². The fourth-order valence-corrected chi connectivity index (χ4v) is 10.5. The number of aromatic nitrogens is 4. The summed E-state index contributed by atoms with van der Waals surface area (Å²) in [6, 6.07) is 68.7. The summed E-state index contributed by atoms with van der Waals surface area (Å²) in [5.41, 5.74) is 15.9. The van der Waals surface area contributed by atoms with Gasteiger partial charge in [0.25, 0.3) is 0 Å². The maximum absolute atomic E-state index is 6.44. The van der Waals surface area contributed by atoms with Gasteiger partial charge >= 0.3 is 0 Å². The number of benzene rings is 9. The molecule has 4 heterocycles. The van der Waals surface area contributed by atoms with E-state index in [0.717, 1.165) is 99.5 Å². The van der Waals surface area contributed by atoms with Crippen LogP contribution in [0.25, 0.3) is 128 Å². The Labute approximate surface area is 411 Å². The topological polar surface area (TPSA) is 69.9 Å². The van der Waals surface area contributed by atoms with E-state index in [1.54, 1.807) is 0 Å². The number of rotatable bonds is 6. The molecule has 0 saturated carbocycles. The van der Waals surface area contributed by atoms with Crippen LogP contribution >= 0.6 is 0 Å². The van der Waals surface area contributed by atoms with E-state index < -0.39 is 0 Å². The molecular weight excluding hydrogens is 869 g/mol. The summed E-state index contributed by atoms with van der Waals surface area (Å²) in [5.74, 6) is 1.64. The fraction of sp³-hybridized carbons (Fsp3) is 0.123. The van der Waals surface area contributed by atoms with Crippen LogP contribution in [0.4, 0.5) is 0 Å². The number of para-hydroxylation sites is 2. The summed E-state index contributed by atoms with van der Waals surface area (Å²) in [7, 11) is 0. The second kappa shape index (κ2) is 16.0. The Morgan fingerprint density at radius 2 is 0.746 bits per heavy atom. The van der Waals surface area contributed by atoms with Gasteiger partial charge in [-0.25, -0.2) is 15.0 Å². The Morgan fingerprint density at radius 1 is 0.338 bits per heavy atom. The molecule has 0 unspecified atom stereocenters. The van der Waals surface area contributed by atoms with Gasteiger partial charge in [-0.05, 0) is 93.7 Å². The molecule has 0 spiro atoms. The van der Waals surface area contributed by atoms with Crippen LogP contribution in [0.3, 0.4) is 0 Å². The number of furan rings is 2. The standard InChI is InChI=1S/C65H50N4O2/c1-64(2,3)42-31-33-52-50(37-42)51-38-43(65(4,5)6)32-34-53(51)69(52)60-48(39-19-9-7-10-20-39)35-41(36-49(60)40-21-11-8-12-22-40)61-66-62(46-25-17-29-56-58(46)44-23-13-15-27-54(44)70-56)68-63(67-61)47-26-18-30-57-59(47)45-24-14-16-28-55(45)71-57/h7-38H,1-6H3. The second-order valence-corrected chi connectivity index (χ2v) is 20.8. The average Bonchev–Trinajstić information content (AvgIpc) is 4.07. The second-order valence-electron chi connectivity index (χ2n) is 20.8. The van der Waals surface area contributed by atoms with Crippen LogP contribution < -0.4 is 0 Å². The Morgan fingerprint density at radius 3 is 1.20 bits per heavy atom. The third-order valence-corrected chi connectivity index (χ3v) is 14.2. The van der Waals surface area contributed by atoms with Crippen molar-refractivity contribution in [3.05, 3.63) is 205 Å². The van der Waals surface area contributed by atoms with Gasteiger partial charge in [-0.1, -0.05) is 175 Å². The highest BCUT2D eigenvalue weighted by Crippen LogP contribution is 2.46. The molecule has 6 nitrogen and oxygen atoms in total.